The maximum absolute atomic E-state index is 12.9. The Balaban J connectivity index is 1.67. The number of nitrogens with zero attached hydrogens (tertiary/aromatic N) is 1. The van der Waals surface area contributed by atoms with E-state index in [1.54, 1.807) is 30.3 Å². The second-order valence-corrected chi connectivity index (χ2v) is 11.3. The molecule has 3 rings (SSSR count). The van der Waals surface area contributed by atoms with Crippen LogP contribution >= 0.6 is 0 Å². The van der Waals surface area contributed by atoms with Gasteiger partial charge in [-0.15, -0.1) is 0 Å². The van der Waals surface area contributed by atoms with E-state index < -0.39 is 32.0 Å². The third-order valence-corrected chi connectivity index (χ3v) is 8.30. The number of aliphatic imine (C=N–C) groups is 1. The summed E-state index contributed by atoms with van der Waals surface area (Å²) in [5.74, 6) is -0.444. The van der Waals surface area contributed by atoms with E-state index in [1.165, 1.54) is 18.2 Å². The fourth-order valence-electron chi connectivity index (χ4n) is 3.31. The summed E-state index contributed by atoms with van der Waals surface area (Å²) < 4.78 is 54.3. The van der Waals surface area contributed by atoms with Crippen LogP contribution in [0.1, 0.15) is 31.4 Å². The number of sulfonamides is 2. The standard InChI is InChI=1S/C22H28N4O5S2/c1-4-16(3)20(25-21-18-7-5-6-8-19(18)33(30,31)26-21)22(27)23-13-14-24-32(28,29)17-11-9-15(2)10-12-17/h5-12,16,20,24H,4,13-14H2,1-3H3,(H,23,27)(H,25,26)/t16-,20-/m0/s1. The normalized spacial score (nSPS) is 17.7. The lowest BCUT2D eigenvalue weighted by molar-refractivity contribution is -0.123. The molecule has 0 aromatic heterocycles. The highest BCUT2D eigenvalue weighted by molar-refractivity contribution is 7.90. The molecule has 2 aromatic carbocycles. The first kappa shape index (κ1) is 24.9. The number of fused-ring (bicyclic) bond motifs is 1. The SMILES string of the molecule is CC[C@H](C)[C@H](N=C1NS(=O)(=O)c2ccccc21)C(=O)NCCNS(=O)(=O)c1ccc(C)cc1. The van der Waals surface area contributed by atoms with Gasteiger partial charge in [0, 0.05) is 18.7 Å². The van der Waals surface area contributed by atoms with Crippen molar-refractivity contribution in [1.82, 2.24) is 14.8 Å². The van der Waals surface area contributed by atoms with Crippen LogP contribution in [-0.2, 0) is 24.8 Å². The molecular formula is C22H28N4O5S2. The van der Waals surface area contributed by atoms with E-state index in [0.29, 0.717) is 12.0 Å². The Morgan fingerprint density at radius 3 is 2.42 bits per heavy atom. The molecule has 0 bridgehead atoms. The van der Waals surface area contributed by atoms with Gasteiger partial charge in [-0.2, -0.15) is 0 Å². The van der Waals surface area contributed by atoms with Crippen molar-refractivity contribution in [2.45, 2.75) is 43.0 Å². The van der Waals surface area contributed by atoms with E-state index in [0.717, 1.165) is 5.56 Å². The molecular weight excluding hydrogens is 464 g/mol. The highest BCUT2D eigenvalue weighted by atomic mass is 32.2. The zero-order valence-corrected chi connectivity index (χ0v) is 20.3. The van der Waals surface area contributed by atoms with Crippen LogP contribution in [0.2, 0.25) is 0 Å². The smallest absolute Gasteiger partial charge is 0.263 e. The molecule has 3 N–H and O–H groups in total. The molecule has 0 saturated heterocycles. The van der Waals surface area contributed by atoms with Gasteiger partial charge in [0.2, 0.25) is 15.9 Å². The third-order valence-electron chi connectivity index (χ3n) is 5.43. The van der Waals surface area contributed by atoms with Crippen LogP contribution in [0.4, 0.5) is 0 Å². The van der Waals surface area contributed by atoms with Gasteiger partial charge in [-0.1, -0.05) is 50.1 Å². The van der Waals surface area contributed by atoms with Crippen molar-refractivity contribution in [3.8, 4) is 0 Å². The summed E-state index contributed by atoms with van der Waals surface area (Å²) in [6.07, 6.45) is 0.642. The first-order chi connectivity index (χ1) is 15.5. The summed E-state index contributed by atoms with van der Waals surface area (Å²) in [6, 6.07) is 12.1. The van der Waals surface area contributed by atoms with Gasteiger partial charge in [0.25, 0.3) is 10.0 Å². The quantitative estimate of drug-likeness (QED) is 0.457. The topological polar surface area (TPSA) is 134 Å². The highest BCUT2D eigenvalue weighted by Gasteiger charge is 2.33. The molecule has 1 amide bonds. The first-order valence-corrected chi connectivity index (χ1v) is 13.6. The van der Waals surface area contributed by atoms with Crippen LogP contribution in [0.25, 0.3) is 0 Å². The largest absolute Gasteiger partial charge is 0.353 e. The lowest BCUT2D eigenvalue weighted by Crippen LogP contribution is -2.42. The minimum Gasteiger partial charge on any atom is -0.353 e. The highest BCUT2D eigenvalue weighted by Crippen LogP contribution is 2.24. The molecule has 0 spiro atoms. The Labute approximate surface area is 194 Å². The predicted molar refractivity (Wildman–Crippen MR) is 126 cm³/mol. The monoisotopic (exact) mass is 492 g/mol. The maximum atomic E-state index is 12.9. The van der Waals surface area contributed by atoms with Crippen LogP contribution < -0.4 is 14.8 Å². The Kier molecular flexibility index (Phi) is 7.55. The number of hydrogen-bond donors (Lipinski definition) is 3. The number of aryl methyl sites for hydroxylation is 1. The van der Waals surface area contributed by atoms with Crippen LogP contribution in [0.5, 0.6) is 0 Å². The molecule has 9 nitrogen and oxygen atoms in total. The van der Waals surface area contributed by atoms with Crippen molar-refractivity contribution in [1.29, 1.82) is 0 Å². The van der Waals surface area contributed by atoms with Gasteiger partial charge in [0.05, 0.1) is 9.79 Å². The number of benzene rings is 2. The van der Waals surface area contributed by atoms with E-state index in [4.69, 9.17) is 0 Å². The Morgan fingerprint density at radius 1 is 1.09 bits per heavy atom. The molecule has 33 heavy (non-hydrogen) atoms. The zero-order chi connectivity index (χ0) is 24.2. The van der Waals surface area contributed by atoms with Gasteiger partial charge in [-0.25, -0.2) is 21.6 Å². The summed E-state index contributed by atoms with van der Waals surface area (Å²) in [5.41, 5.74) is 1.37. The van der Waals surface area contributed by atoms with Crippen molar-refractivity contribution in [3.63, 3.8) is 0 Å². The Hall–Kier alpha value is -2.76. The number of amidine groups is 1. The lowest BCUT2D eigenvalue weighted by Gasteiger charge is -2.19. The maximum Gasteiger partial charge on any atom is 0.263 e. The van der Waals surface area contributed by atoms with Crippen LogP contribution in [0, 0.1) is 12.8 Å². The average molecular weight is 493 g/mol. The molecule has 2 aromatic rings. The lowest BCUT2D eigenvalue weighted by atomic mass is 9.98. The summed E-state index contributed by atoms with van der Waals surface area (Å²) in [4.78, 5) is 17.6. The van der Waals surface area contributed by atoms with Gasteiger partial charge < -0.3 is 5.32 Å². The minimum atomic E-state index is -3.71. The summed E-state index contributed by atoms with van der Waals surface area (Å²) >= 11 is 0. The average Bonchev–Trinajstić information content (AvgIpc) is 3.04. The van der Waals surface area contributed by atoms with E-state index >= 15 is 0 Å². The third kappa shape index (κ3) is 5.79. The second-order valence-electron chi connectivity index (χ2n) is 7.91. The van der Waals surface area contributed by atoms with Gasteiger partial charge in [0.1, 0.15) is 11.9 Å². The molecule has 0 radical (unpaired) electrons. The van der Waals surface area contributed by atoms with Crippen molar-refractivity contribution < 1.29 is 21.6 Å². The van der Waals surface area contributed by atoms with Crippen molar-refractivity contribution in [2.24, 2.45) is 10.9 Å². The molecule has 11 heteroatoms. The van der Waals surface area contributed by atoms with Crippen LogP contribution in [0.3, 0.4) is 0 Å². The molecule has 1 heterocycles. The van der Waals surface area contributed by atoms with Crippen molar-refractivity contribution >= 4 is 31.8 Å². The van der Waals surface area contributed by atoms with Gasteiger partial charge >= 0.3 is 0 Å². The zero-order valence-electron chi connectivity index (χ0n) is 18.7. The molecule has 0 fully saturated rings. The van der Waals surface area contributed by atoms with Crippen molar-refractivity contribution in [3.05, 3.63) is 59.7 Å². The number of carbonyl (C=O) groups is 1. The first-order valence-electron chi connectivity index (χ1n) is 10.6. The van der Waals surface area contributed by atoms with Crippen LogP contribution in [-0.4, -0.2) is 47.7 Å². The molecule has 1 aliphatic rings. The summed E-state index contributed by atoms with van der Waals surface area (Å²) in [7, 11) is -7.40. The fourth-order valence-corrected chi connectivity index (χ4v) is 5.58. The fraction of sp³-hybridized carbons (Fsp3) is 0.364. The molecule has 0 saturated carbocycles. The van der Waals surface area contributed by atoms with E-state index in [1.807, 2.05) is 20.8 Å². The number of rotatable bonds is 9. The number of amides is 1. The molecule has 1 aliphatic heterocycles. The molecule has 0 aliphatic carbocycles. The van der Waals surface area contributed by atoms with Crippen LogP contribution in [0.15, 0.2) is 63.3 Å². The molecule has 0 unspecified atom stereocenters. The van der Waals surface area contributed by atoms with Gasteiger partial charge in [-0.3, -0.25) is 14.5 Å². The Bertz CT molecular complexity index is 1260. The predicted octanol–water partition coefficient (Wildman–Crippen LogP) is 1.54. The summed E-state index contributed by atoms with van der Waals surface area (Å²) in [6.45, 7) is 5.69. The second kappa shape index (κ2) is 10.0. The number of hydrogen-bond acceptors (Lipinski definition) is 6. The van der Waals surface area contributed by atoms with Gasteiger partial charge in [-0.05, 0) is 37.1 Å². The van der Waals surface area contributed by atoms with E-state index in [-0.39, 0.29) is 34.6 Å². The Morgan fingerprint density at radius 2 is 1.76 bits per heavy atom. The number of nitrogens with one attached hydrogen (secondary N) is 3. The van der Waals surface area contributed by atoms with Gasteiger partial charge in [0.15, 0.2) is 0 Å². The molecule has 178 valence electrons. The van der Waals surface area contributed by atoms with E-state index in [2.05, 4.69) is 19.8 Å². The molecule has 2 atom stereocenters. The minimum absolute atomic E-state index is 0.00120. The van der Waals surface area contributed by atoms with Crippen molar-refractivity contribution in [2.75, 3.05) is 13.1 Å². The summed E-state index contributed by atoms with van der Waals surface area (Å²) in [5, 5.41) is 2.70. The number of carbonyl (C=O) groups excluding carboxylic acids is 1. The van der Waals surface area contributed by atoms with E-state index in [9.17, 15) is 21.6 Å².